The smallest absolute Gasteiger partial charge is 0.265 e. The van der Waals surface area contributed by atoms with E-state index in [1.807, 2.05) is 38.1 Å². The van der Waals surface area contributed by atoms with Crippen molar-refractivity contribution in [2.75, 3.05) is 16.8 Å². The molecule has 0 aromatic heterocycles. The molecular formula is C21H23ClN2O3. The molecule has 1 atom stereocenters. The Hall–Kier alpha value is -2.53. The van der Waals surface area contributed by atoms with Crippen molar-refractivity contribution in [3.05, 3.63) is 52.5 Å². The molecule has 5 nitrogen and oxygen atoms in total. The van der Waals surface area contributed by atoms with Gasteiger partial charge in [-0.2, -0.15) is 0 Å². The summed E-state index contributed by atoms with van der Waals surface area (Å²) >= 11 is 6.17. The van der Waals surface area contributed by atoms with Crippen molar-refractivity contribution in [1.29, 1.82) is 0 Å². The van der Waals surface area contributed by atoms with Crippen LogP contribution in [0.1, 0.15) is 30.9 Å². The van der Waals surface area contributed by atoms with Crippen molar-refractivity contribution >= 4 is 34.8 Å². The van der Waals surface area contributed by atoms with E-state index in [0.29, 0.717) is 22.9 Å². The number of nitrogens with zero attached hydrogens (tertiary/aromatic N) is 1. The van der Waals surface area contributed by atoms with Crippen LogP contribution in [0.5, 0.6) is 5.75 Å². The van der Waals surface area contributed by atoms with Crippen molar-refractivity contribution in [3.63, 3.8) is 0 Å². The Morgan fingerprint density at radius 3 is 2.37 bits per heavy atom. The van der Waals surface area contributed by atoms with Gasteiger partial charge in [0.25, 0.3) is 5.91 Å². The van der Waals surface area contributed by atoms with Gasteiger partial charge in [0.1, 0.15) is 5.75 Å². The third-order valence-corrected chi connectivity index (χ3v) is 5.21. The Morgan fingerprint density at radius 2 is 1.81 bits per heavy atom. The fourth-order valence-electron chi connectivity index (χ4n) is 3.12. The molecule has 1 saturated heterocycles. The van der Waals surface area contributed by atoms with Crippen molar-refractivity contribution in [2.45, 2.75) is 39.7 Å². The molecule has 3 rings (SSSR count). The van der Waals surface area contributed by atoms with Crippen LogP contribution in [0.4, 0.5) is 11.4 Å². The zero-order chi connectivity index (χ0) is 19.6. The molecular weight excluding hydrogens is 364 g/mol. The Labute approximate surface area is 164 Å². The second-order valence-electron chi connectivity index (χ2n) is 6.82. The highest BCUT2D eigenvalue weighted by molar-refractivity contribution is 6.32. The van der Waals surface area contributed by atoms with Crippen LogP contribution < -0.4 is 15.0 Å². The first-order chi connectivity index (χ1) is 12.8. The van der Waals surface area contributed by atoms with E-state index >= 15 is 0 Å². The lowest BCUT2D eigenvalue weighted by molar-refractivity contribution is -0.122. The lowest BCUT2D eigenvalue weighted by Crippen LogP contribution is -2.30. The van der Waals surface area contributed by atoms with E-state index in [2.05, 4.69) is 5.32 Å². The van der Waals surface area contributed by atoms with Crippen LogP contribution in [-0.2, 0) is 9.59 Å². The van der Waals surface area contributed by atoms with E-state index in [-0.39, 0.29) is 11.8 Å². The highest BCUT2D eigenvalue weighted by atomic mass is 35.5. The third kappa shape index (κ3) is 4.42. The van der Waals surface area contributed by atoms with Crippen LogP contribution in [0.2, 0.25) is 5.02 Å². The van der Waals surface area contributed by atoms with Crippen LogP contribution in [0, 0.1) is 13.8 Å². The molecule has 0 unspecified atom stereocenters. The first-order valence-electron chi connectivity index (χ1n) is 9.00. The number of carbonyl (C=O) groups excluding carboxylic acids is 2. The average molecular weight is 387 g/mol. The SMILES string of the molecule is Cc1cc(O[C@H](C)C(=O)Nc2ccc(N3CCCC3=O)cc2)cc(C)c1Cl. The van der Waals surface area contributed by atoms with Gasteiger partial charge >= 0.3 is 0 Å². The number of halogens is 1. The van der Waals surface area contributed by atoms with Gasteiger partial charge in [-0.25, -0.2) is 0 Å². The van der Waals surface area contributed by atoms with Crippen LogP contribution in [0.3, 0.4) is 0 Å². The highest BCUT2D eigenvalue weighted by Crippen LogP contribution is 2.27. The van der Waals surface area contributed by atoms with Gasteiger partial charge in [-0.1, -0.05) is 11.6 Å². The van der Waals surface area contributed by atoms with Gasteiger partial charge in [-0.3, -0.25) is 9.59 Å². The summed E-state index contributed by atoms with van der Waals surface area (Å²) in [6, 6.07) is 10.9. The topological polar surface area (TPSA) is 58.6 Å². The first kappa shape index (κ1) is 19.2. The number of ether oxygens (including phenoxy) is 1. The quantitative estimate of drug-likeness (QED) is 0.823. The van der Waals surface area contributed by atoms with Gasteiger partial charge < -0.3 is 15.0 Å². The minimum atomic E-state index is -0.662. The highest BCUT2D eigenvalue weighted by Gasteiger charge is 2.21. The Bertz CT molecular complexity index is 841. The second kappa shape index (κ2) is 8.01. The summed E-state index contributed by atoms with van der Waals surface area (Å²) in [6.07, 6.45) is 0.817. The molecule has 0 saturated carbocycles. The molecule has 27 heavy (non-hydrogen) atoms. The normalized spacial score (nSPS) is 15.0. The number of rotatable bonds is 5. The van der Waals surface area contributed by atoms with Crippen molar-refractivity contribution < 1.29 is 14.3 Å². The van der Waals surface area contributed by atoms with Crippen molar-refractivity contribution in [3.8, 4) is 5.75 Å². The summed E-state index contributed by atoms with van der Waals surface area (Å²) in [6.45, 7) is 6.25. The summed E-state index contributed by atoms with van der Waals surface area (Å²) in [5, 5.41) is 3.54. The van der Waals surface area contributed by atoms with Gasteiger partial charge in [0.15, 0.2) is 6.10 Å². The molecule has 1 heterocycles. The summed E-state index contributed by atoms with van der Waals surface area (Å²) in [4.78, 5) is 26.0. The van der Waals surface area contributed by atoms with Crippen LogP contribution in [-0.4, -0.2) is 24.5 Å². The van der Waals surface area contributed by atoms with E-state index in [1.165, 1.54) is 0 Å². The first-order valence-corrected chi connectivity index (χ1v) is 9.37. The standard InChI is InChI=1S/C21H23ClN2O3/c1-13-11-18(12-14(2)20(13)22)27-15(3)21(26)23-16-6-8-17(9-7-16)24-10-4-5-19(24)25/h6-9,11-12,15H,4-5,10H2,1-3H3,(H,23,26)/t15-/m1/s1. The number of nitrogens with one attached hydrogen (secondary N) is 1. The van der Waals surface area contributed by atoms with Crippen molar-refractivity contribution in [2.24, 2.45) is 0 Å². The predicted octanol–water partition coefficient (Wildman–Crippen LogP) is 4.49. The Balaban J connectivity index is 1.62. The van der Waals surface area contributed by atoms with E-state index in [9.17, 15) is 9.59 Å². The summed E-state index contributed by atoms with van der Waals surface area (Å²) in [5.74, 6) is 0.507. The maximum atomic E-state index is 12.4. The van der Waals surface area contributed by atoms with Gasteiger partial charge in [0.05, 0.1) is 0 Å². The minimum absolute atomic E-state index is 0.141. The lowest BCUT2D eigenvalue weighted by atomic mass is 10.1. The molecule has 0 aliphatic carbocycles. The van der Waals surface area contributed by atoms with E-state index < -0.39 is 6.10 Å². The molecule has 1 N–H and O–H groups in total. The van der Waals surface area contributed by atoms with Gasteiger partial charge in [0.2, 0.25) is 5.91 Å². The maximum absolute atomic E-state index is 12.4. The van der Waals surface area contributed by atoms with Crippen molar-refractivity contribution in [1.82, 2.24) is 0 Å². The number of aryl methyl sites for hydroxylation is 2. The van der Waals surface area contributed by atoms with E-state index in [0.717, 1.165) is 29.8 Å². The molecule has 2 aromatic rings. The summed E-state index contributed by atoms with van der Waals surface area (Å²) in [5.41, 5.74) is 3.33. The Kier molecular flexibility index (Phi) is 5.71. The molecule has 6 heteroatoms. The molecule has 142 valence electrons. The minimum Gasteiger partial charge on any atom is -0.481 e. The van der Waals surface area contributed by atoms with Crippen LogP contribution in [0.15, 0.2) is 36.4 Å². The lowest BCUT2D eigenvalue weighted by Gasteiger charge is -2.18. The number of hydrogen-bond donors (Lipinski definition) is 1. The summed E-state index contributed by atoms with van der Waals surface area (Å²) < 4.78 is 5.76. The monoisotopic (exact) mass is 386 g/mol. The van der Waals surface area contributed by atoms with E-state index in [1.54, 1.807) is 24.0 Å². The number of hydrogen-bond acceptors (Lipinski definition) is 3. The Morgan fingerprint density at radius 1 is 1.19 bits per heavy atom. The van der Waals surface area contributed by atoms with Crippen LogP contribution in [0.25, 0.3) is 0 Å². The van der Waals surface area contributed by atoms with E-state index in [4.69, 9.17) is 16.3 Å². The van der Waals surface area contributed by atoms with Gasteiger partial charge in [-0.05, 0) is 74.7 Å². The molecule has 2 amide bonds. The maximum Gasteiger partial charge on any atom is 0.265 e. The molecule has 0 spiro atoms. The molecule has 2 aromatic carbocycles. The predicted molar refractivity (Wildman–Crippen MR) is 108 cm³/mol. The molecule has 1 aliphatic rings. The molecule has 1 fully saturated rings. The van der Waals surface area contributed by atoms with Gasteiger partial charge in [0, 0.05) is 29.4 Å². The average Bonchev–Trinajstić information content (AvgIpc) is 3.06. The fourth-order valence-corrected chi connectivity index (χ4v) is 3.23. The zero-order valence-electron chi connectivity index (χ0n) is 15.7. The zero-order valence-corrected chi connectivity index (χ0v) is 16.5. The molecule has 0 radical (unpaired) electrons. The molecule has 0 bridgehead atoms. The van der Waals surface area contributed by atoms with Gasteiger partial charge in [-0.15, -0.1) is 0 Å². The number of carbonyl (C=O) groups is 2. The number of benzene rings is 2. The number of amides is 2. The fraction of sp³-hybridized carbons (Fsp3) is 0.333. The summed E-state index contributed by atoms with van der Waals surface area (Å²) in [7, 11) is 0. The second-order valence-corrected chi connectivity index (χ2v) is 7.19. The van der Waals surface area contributed by atoms with Crippen LogP contribution >= 0.6 is 11.6 Å². The molecule has 1 aliphatic heterocycles. The third-order valence-electron chi connectivity index (χ3n) is 4.61. The largest absolute Gasteiger partial charge is 0.481 e. The number of anilines is 2.